The van der Waals surface area contributed by atoms with Crippen LogP contribution in [0.1, 0.15) is 55.8 Å². The Morgan fingerprint density at radius 3 is 1.83 bits per heavy atom. The van der Waals surface area contributed by atoms with Crippen molar-refractivity contribution >= 4 is 5.97 Å². The summed E-state index contributed by atoms with van der Waals surface area (Å²) in [6.45, 7) is 3.00. The molecule has 0 heterocycles. The molecule has 30 heavy (non-hydrogen) atoms. The molecule has 0 aliphatic carbocycles. The topological polar surface area (TPSA) is 46.5 Å². The van der Waals surface area contributed by atoms with Crippen LogP contribution < -0.4 is 4.74 Å². The molecule has 0 aromatic heterocycles. The van der Waals surface area contributed by atoms with E-state index in [1.54, 1.807) is 12.1 Å². The van der Waals surface area contributed by atoms with Gasteiger partial charge in [-0.05, 0) is 52.9 Å². The number of aromatic carboxylic acids is 1. The Hall–Kier alpha value is -3.07. The van der Waals surface area contributed by atoms with Crippen LogP contribution in [-0.4, -0.2) is 17.7 Å². The summed E-state index contributed by atoms with van der Waals surface area (Å²) in [6, 6.07) is 23.4. The highest BCUT2D eigenvalue weighted by Crippen LogP contribution is 2.33. The fourth-order valence-corrected chi connectivity index (χ4v) is 3.58. The van der Waals surface area contributed by atoms with Crippen LogP contribution in [0.25, 0.3) is 22.3 Å². The van der Waals surface area contributed by atoms with Crippen molar-refractivity contribution in [3.05, 3.63) is 78.4 Å². The number of carbonyl (C=O) groups is 1. The third kappa shape index (κ3) is 5.96. The third-order valence-electron chi connectivity index (χ3n) is 5.30. The summed E-state index contributed by atoms with van der Waals surface area (Å²) in [6.07, 6.45) is 7.55. The molecule has 3 heteroatoms. The third-order valence-corrected chi connectivity index (χ3v) is 5.30. The van der Waals surface area contributed by atoms with E-state index in [2.05, 4.69) is 31.2 Å². The number of carboxylic acids is 1. The molecule has 3 rings (SSSR count). The largest absolute Gasteiger partial charge is 0.494 e. The van der Waals surface area contributed by atoms with E-state index in [1.807, 2.05) is 36.4 Å². The van der Waals surface area contributed by atoms with Crippen LogP contribution in [0.15, 0.2) is 72.8 Å². The van der Waals surface area contributed by atoms with Crippen molar-refractivity contribution in [3.8, 4) is 28.0 Å². The summed E-state index contributed by atoms with van der Waals surface area (Å²) in [4.78, 5) is 11.1. The Morgan fingerprint density at radius 2 is 1.27 bits per heavy atom. The Labute approximate surface area is 179 Å². The standard InChI is InChI=1S/C27H30O3/c1-2-3-4-5-6-9-20-30-24-18-16-22(17-19-24)26-11-8-7-10-25(26)21-12-14-23(15-13-21)27(28)29/h7-8,10-19H,2-6,9,20H2,1H3,(H,28,29). The van der Waals surface area contributed by atoms with Gasteiger partial charge in [0.15, 0.2) is 0 Å². The quantitative estimate of drug-likeness (QED) is 0.339. The summed E-state index contributed by atoms with van der Waals surface area (Å²) in [5, 5.41) is 9.12. The highest BCUT2D eigenvalue weighted by Gasteiger charge is 2.09. The zero-order valence-corrected chi connectivity index (χ0v) is 17.6. The van der Waals surface area contributed by atoms with E-state index in [9.17, 15) is 4.79 Å². The van der Waals surface area contributed by atoms with Crippen LogP contribution in [-0.2, 0) is 0 Å². The van der Waals surface area contributed by atoms with Gasteiger partial charge in [-0.2, -0.15) is 0 Å². The second-order valence-electron chi connectivity index (χ2n) is 7.57. The molecule has 156 valence electrons. The first-order chi connectivity index (χ1) is 14.7. The Bertz CT molecular complexity index is 927. The summed E-state index contributed by atoms with van der Waals surface area (Å²) in [5.74, 6) is -0.0121. The van der Waals surface area contributed by atoms with E-state index in [4.69, 9.17) is 9.84 Å². The molecule has 1 N–H and O–H groups in total. The van der Waals surface area contributed by atoms with Crippen molar-refractivity contribution in [2.45, 2.75) is 45.4 Å². The van der Waals surface area contributed by atoms with Crippen LogP contribution in [0.3, 0.4) is 0 Å². The SMILES string of the molecule is CCCCCCCCOc1ccc(-c2ccccc2-c2ccc(C(=O)O)cc2)cc1. The van der Waals surface area contributed by atoms with Crippen LogP contribution in [0.5, 0.6) is 5.75 Å². The lowest BCUT2D eigenvalue weighted by atomic mass is 9.94. The van der Waals surface area contributed by atoms with Gasteiger partial charge in [0.1, 0.15) is 5.75 Å². The van der Waals surface area contributed by atoms with Crippen molar-refractivity contribution in [2.24, 2.45) is 0 Å². The van der Waals surface area contributed by atoms with Gasteiger partial charge < -0.3 is 9.84 Å². The fraction of sp³-hybridized carbons (Fsp3) is 0.296. The molecule has 0 fully saturated rings. The van der Waals surface area contributed by atoms with Gasteiger partial charge in [0, 0.05) is 0 Å². The first-order valence-corrected chi connectivity index (χ1v) is 10.8. The van der Waals surface area contributed by atoms with Gasteiger partial charge in [-0.25, -0.2) is 4.79 Å². The normalized spacial score (nSPS) is 10.7. The van der Waals surface area contributed by atoms with E-state index in [0.717, 1.165) is 41.0 Å². The van der Waals surface area contributed by atoms with Crippen molar-refractivity contribution in [1.29, 1.82) is 0 Å². The molecule has 0 aliphatic rings. The molecule has 0 aliphatic heterocycles. The molecule has 0 unspecified atom stereocenters. The maximum atomic E-state index is 11.1. The Kier molecular flexibility index (Phi) is 8.08. The molecular formula is C27H30O3. The average molecular weight is 403 g/mol. The molecule has 0 radical (unpaired) electrons. The zero-order valence-electron chi connectivity index (χ0n) is 17.6. The maximum Gasteiger partial charge on any atom is 0.335 e. The number of hydrogen-bond donors (Lipinski definition) is 1. The molecule has 0 bridgehead atoms. The summed E-state index contributed by atoms with van der Waals surface area (Å²) in [7, 11) is 0. The molecular weight excluding hydrogens is 372 g/mol. The van der Waals surface area contributed by atoms with Crippen LogP contribution in [0.4, 0.5) is 0 Å². The van der Waals surface area contributed by atoms with Gasteiger partial charge in [0.2, 0.25) is 0 Å². The van der Waals surface area contributed by atoms with Gasteiger partial charge >= 0.3 is 5.97 Å². The number of benzene rings is 3. The molecule has 3 nitrogen and oxygen atoms in total. The molecule has 0 saturated heterocycles. The van der Waals surface area contributed by atoms with Gasteiger partial charge in [0.05, 0.1) is 12.2 Å². The summed E-state index contributed by atoms with van der Waals surface area (Å²) < 4.78 is 5.90. The van der Waals surface area contributed by atoms with Gasteiger partial charge in [-0.15, -0.1) is 0 Å². The predicted octanol–water partition coefficient (Wildman–Crippen LogP) is 7.46. The number of hydrogen-bond acceptors (Lipinski definition) is 2. The highest BCUT2D eigenvalue weighted by molar-refractivity contribution is 5.89. The lowest BCUT2D eigenvalue weighted by Crippen LogP contribution is -1.97. The van der Waals surface area contributed by atoms with Gasteiger partial charge in [-0.1, -0.05) is 87.6 Å². The second-order valence-corrected chi connectivity index (χ2v) is 7.57. The highest BCUT2D eigenvalue weighted by atomic mass is 16.5. The molecule has 3 aromatic rings. The smallest absolute Gasteiger partial charge is 0.335 e. The van der Waals surface area contributed by atoms with Crippen molar-refractivity contribution < 1.29 is 14.6 Å². The van der Waals surface area contributed by atoms with E-state index in [-0.39, 0.29) is 0 Å². The van der Waals surface area contributed by atoms with Crippen LogP contribution in [0, 0.1) is 0 Å². The summed E-state index contributed by atoms with van der Waals surface area (Å²) in [5.41, 5.74) is 4.60. The minimum atomic E-state index is -0.911. The van der Waals surface area contributed by atoms with E-state index < -0.39 is 5.97 Å². The lowest BCUT2D eigenvalue weighted by molar-refractivity contribution is 0.0697. The Balaban J connectivity index is 1.65. The maximum absolute atomic E-state index is 11.1. The number of carboxylic acid groups (broad SMARTS) is 1. The Morgan fingerprint density at radius 1 is 0.733 bits per heavy atom. The first kappa shape index (κ1) is 21.6. The van der Waals surface area contributed by atoms with Gasteiger partial charge in [-0.3, -0.25) is 0 Å². The average Bonchev–Trinajstić information content (AvgIpc) is 2.79. The predicted molar refractivity (Wildman–Crippen MR) is 123 cm³/mol. The monoisotopic (exact) mass is 402 g/mol. The van der Waals surface area contributed by atoms with E-state index in [0.29, 0.717) is 5.56 Å². The second kappa shape index (κ2) is 11.2. The molecule has 0 amide bonds. The van der Waals surface area contributed by atoms with Gasteiger partial charge in [0.25, 0.3) is 0 Å². The number of unbranched alkanes of at least 4 members (excludes halogenated alkanes) is 5. The van der Waals surface area contributed by atoms with Crippen molar-refractivity contribution in [2.75, 3.05) is 6.61 Å². The fourth-order valence-electron chi connectivity index (χ4n) is 3.58. The lowest BCUT2D eigenvalue weighted by Gasteiger charge is -2.12. The molecule has 0 atom stereocenters. The first-order valence-electron chi connectivity index (χ1n) is 10.8. The zero-order chi connectivity index (χ0) is 21.2. The van der Waals surface area contributed by atoms with Crippen molar-refractivity contribution in [3.63, 3.8) is 0 Å². The minimum absolute atomic E-state index is 0.295. The minimum Gasteiger partial charge on any atom is -0.494 e. The van der Waals surface area contributed by atoms with Crippen LogP contribution in [0.2, 0.25) is 0 Å². The van der Waals surface area contributed by atoms with Crippen LogP contribution >= 0.6 is 0 Å². The molecule has 3 aromatic carbocycles. The van der Waals surface area contributed by atoms with E-state index >= 15 is 0 Å². The molecule has 0 spiro atoms. The number of rotatable bonds is 11. The number of ether oxygens (including phenoxy) is 1. The van der Waals surface area contributed by atoms with E-state index in [1.165, 1.54) is 32.1 Å². The summed E-state index contributed by atoms with van der Waals surface area (Å²) >= 11 is 0. The van der Waals surface area contributed by atoms with Crippen molar-refractivity contribution in [1.82, 2.24) is 0 Å². The molecule has 0 saturated carbocycles.